The zero-order chi connectivity index (χ0) is 20.7. The minimum absolute atomic E-state index is 0.107. The molecular weight excluding hydrogens is 369 g/mol. The third-order valence-corrected chi connectivity index (χ3v) is 5.63. The van der Waals surface area contributed by atoms with Gasteiger partial charge >= 0.3 is 0 Å². The summed E-state index contributed by atoms with van der Waals surface area (Å²) >= 11 is 0. The number of para-hydroxylation sites is 1. The average molecular weight is 393 g/mol. The summed E-state index contributed by atoms with van der Waals surface area (Å²) in [5.41, 5.74) is 5.62. The van der Waals surface area contributed by atoms with E-state index in [1.165, 1.54) is 12.1 Å². The highest BCUT2D eigenvalue weighted by Gasteiger charge is 2.23. The van der Waals surface area contributed by atoms with Gasteiger partial charge in [-0.2, -0.15) is 0 Å². The molecule has 0 atom stereocenters. The Kier molecular flexibility index (Phi) is 4.96. The number of H-pyrrole nitrogens is 1. The van der Waals surface area contributed by atoms with Gasteiger partial charge in [-0.1, -0.05) is 18.2 Å². The third-order valence-electron chi connectivity index (χ3n) is 5.63. The number of amides is 1. The molecule has 1 aliphatic heterocycles. The monoisotopic (exact) mass is 393 g/mol. The number of nitrogens with one attached hydrogen (secondary N) is 2. The predicted molar refractivity (Wildman–Crippen MR) is 113 cm³/mol. The van der Waals surface area contributed by atoms with Crippen molar-refractivity contribution in [1.29, 1.82) is 0 Å². The molecule has 0 bridgehead atoms. The van der Waals surface area contributed by atoms with Crippen molar-refractivity contribution in [2.45, 2.75) is 33.7 Å². The SMILES string of the molecule is Cc1cccc(C)c1NC(=O)CN1CCc2[nH]c3c(C)cc(F)cc3c(=O)c2C1. The van der Waals surface area contributed by atoms with Crippen LogP contribution in [0.15, 0.2) is 35.1 Å². The standard InChI is InChI=1S/C23H24FN3O2/c1-13-5-4-6-14(2)21(13)26-20(28)12-27-8-7-19-18(11-27)23(29)17-10-16(24)9-15(3)22(17)25-19/h4-6,9-10H,7-8,11-12H2,1-3H3,(H,25,29)(H,26,28). The van der Waals surface area contributed by atoms with Crippen molar-refractivity contribution in [3.63, 3.8) is 0 Å². The molecule has 0 saturated carbocycles. The van der Waals surface area contributed by atoms with E-state index in [4.69, 9.17) is 0 Å². The molecule has 0 unspecified atom stereocenters. The first-order chi connectivity index (χ1) is 13.8. The van der Waals surface area contributed by atoms with Crippen molar-refractivity contribution in [3.8, 4) is 0 Å². The molecule has 0 radical (unpaired) electrons. The highest BCUT2D eigenvalue weighted by Crippen LogP contribution is 2.22. The number of nitrogens with zero attached hydrogens (tertiary/aromatic N) is 1. The van der Waals surface area contributed by atoms with Gasteiger partial charge in [-0.25, -0.2) is 4.39 Å². The summed E-state index contributed by atoms with van der Waals surface area (Å²) in [7, 11) is 0. The maximum Gasteiger partial charge on any atom is 0.238 e. The van der Waals surface area contributed by atoms with E-state index in [2.05, 4.69) is 10.3 Å². The van der Waals surface area contributed by atoms with Gasteiger partial charge in [0.2, 0.25) is 5.91 Å². The lowest BCUT2D eigenvalue weighted by Gasteiger charge is -2.28. The smallest absolute Gasteiger partial charge is 0.238 e. The Morgan fingerprint density at radius 2 is 1.90 bits per heavy atom. The highest BCUT2D eigenvalue weighted by atomic mass is 19.1. The van der Waals surface area contributed by atoms with Gasteiger partial charge in [-0.3, -0.25) is 14.5 Å². The summed E-state index contributed by atoms with van der Waals surface area (Å²) in [6.07, 6.45) is 0.647. The molecule has 0 saturated heterocycles. The van der Waals surface area contributed by atoms with Gasteiger partial charge < -0.3 is 10.3 Å². The number of aromatic amines is 1. The fraction of sp³-hybridized carbons (Fsp3) is 0.304. The van der Waals surface area contributed by atoms with E-state index in [9.17, 15) is 14.0 Å². The molecule has 0 fully saturated rings. The molecular formula is C23H24FN3O2. The summed E-state index contributed by atoms with van der Waals surface area (Å²) in [5, 5.41) is 3.36. The number of halogens is 1. The van der Waals surface area contributed by atoms with Crippen LogP contribution in [-0.2, 0) is 17.8 Å². The normalized spacial score (nSPS) is 14.1. The number of carbonyl (C=O) groups is 1. The van der Waals surface area contributed by atoms with Crippen molar-refractivity contribution in [2.24, 2.45) is 0 Å². The molecule has 2 N–H and O–H groups in total. The Morgan fingerprint density at radius 1 is 1.17 bits per heavy atom. The molecule has 1 amide bonds. The molecule has 4 rings (SSSR count). The highest BCUT2D eigenvalue weighted by molar-refractivity contribution is 5.93. The minimum atomic E-state index is -0.416. The average Bonchev–Trinajstić information content (AvgIpc) is 2.66. The van der Waals surface area contributed by atoms with E-state index < -0.39 is 5.82 Å². The van der Waals surface area contributed by atoms with Crippen molar-refractivity contribution >= 4 is 22.5 Å². The second-order valence-corrected chi connectivity index (χ2v) is 7.83. The van der Waals surface area contributed by atoms with Crippen molar-refractivity contribution < 1.29 is 9.18 Å². The Balaban J connectivity index is 1.56. The number of aryl methyl sites for hydroxylation is 3. The quantitative estimate of drug-likeness (QED) is 0.715. The number of fused-ring (bicyclic) bond motifs is 2. The number of benzene rings is 2. The van der Waals surface area contributed by atoms with Gasteiger partial charge in [-0.15, -0.1) is 0 Å². The van der Waals surface area contributed by atoms with E-state index in [0.29, 0.717) is 36.0 Å². The second kappa shape index (κ2) is 7.44. The Bertz CT molecular complexity index is 1160. The maximum absolute atomic E-state index is 13.8. The summed E-state index contributed by atoms with van der Waals surface area (Å²) in [6, 6.07) is 8.60. The van der Waals surface area contributed by atoms with Crippen LogP contribution in [0.3, 0.4) is 0 Å². The van der Waals surface area contributed by atoms with Gasteiger partial charge in [0.25, 0.3) is 0 Å². The van der Waals surface area contributed by atoms with Crippen LogP contribution < -0.4 is 10.7 Å². The second-order valence-electron chi connectivity index (χ2n) is 7.83. The van der Waals surface area contributed by atoms with Gasteiger partial charge in [0.05, 0.1) is 12.1 Å². The fourth-order valence-corrected chi connectivity index (χ4v) is 4.10. The van der Waals surface area contributed by atoms with E-state index >= 15 is 0 Å². The van der Waals surface area contributed by atoms with Crippen LogP contribution in [0.1, 0.15) is 27.9 Å². The number of rotatable bonds is 3. The summed E-state index contributed by atoms with van der Waals surface area (Å²) in [6.45, 7) is 6.97. The lowest BCUT2D eigenvalue weighted by atomic mass is 10.0. The third kappa shape index (κ3) is 3.68. The van der Waals surface area contributed by atoms with Crippen LogP contribution in [0.25, 0.3) is 10.9 Å². The summed E-state index contributed by atoms with van der Waals surface area (Å²) in [4.78, 5) is 30.8. The Morgan fingerprint density at radius 3 is 2.62 bits per heavy atom. The largest absolute Gasteiger partial charge is 0.358 e. The van der Waals surface area contributed by atoms with Gasteiger partial charge in [0, 0.05) is 41.8 Å². The fourth-order valence-electron chi connectivity index (χ4n) is 4.10. The summed E-state index contributed by atoms with van der Waals surface area (Å²) in [5.74, 6) is -0.522. The van der Waals surface area contributed by atoms with Crippen molar-refractivity contribution in [1.82, 2.24) is 9.88 Å². The zero-order valence-corrected chi connectivity index (χ0v) is 16.9. The van der Waals surface area contributed by atoms with E-state index in [1.807, 2.05) is 36.9 Å². The molecule has 1 aromatic heterocycles. The number of hydrogen-bond acceptors (Lipinski definition) is 3. The van der Waals surface area contributed by atoms with Gasteiger partial charge in [-0.05, 0) is 49.6 Å². The Labute approximate surface area is 168 Å². The number of aromatic nitrogens is 1. The molecule has 0 spiro atoms. The molecule has 3 aromatic rings. The Hall–Kier alpha value is -2.99. The van der Waals surface area contributed by atoms with Gasteiger partial charge in [0.1, 0.15) is 5.82 Å². The number of anilines is 1. The maximum atomic E-state index is 13.8. The zero-order valence-electron chi connectivity index (χ0n) is 16.9. The number of carbonyl (C=O) groups excluding carboxylic acids is 1. The van der Waals surface area contributed by atoms with Crippen LogP contribution in [0.2, 0.25) is 0 Å². The molecule has 150 valence electrons. The van der Waals surface area contributed by atoms with E-state index in [1.54, 1.807) is 6.92 Å². The molecule has 1 aliphatic rings. The van der Waals surface area contributed by atoms with Crippen LogP contribution in [-0.4, -0.2) is 28.9 Å². The first-order valence-electron chi connectivity index (χ1n) is 9.76. The van der Waals surface area contributed by atoms with Gasteiger partial charge in [0.15, 0.2) is 5.43 Å². The van der Waals surface area contributed by atoms with Crippen molar-refractivity contribution in [2.75, 3.05) is 18.4 Å². The lowest BCUT2D eigenvalue weighted by molar-refractivity contribution is -0.117. The topological polar surface area (TPSA) is 65.2 Å². The minimum Gasteiger partial charge on any atom is -0.358 e. The molecule has 2 aromatic carbocycles. The first kappa shape index (κ1) is 19.3. The molecule has 0 aliphatic carbocycles. The molecule has 6 heteroatoms. The summed E-state index contributed by atoms with van der Waals surface area (Å²) < 4.78 is 13.8. The lowest BCUT2D eigenvalue weighted by Crippen LogP contribution is -2.39. The van der Waals surface area contributed by atoms with Crippen molar-refractivity contribution in [3.05, 3.63) is 74.3 Å². The number of hydrogen-bond donors (Lipinski definition) is 2. The van der Waals surface area contributed by atoms with Crippen LogP contribution in [0.4, 0.5) is 10.1 Å². The van der Waals surface area contributed by atoms with Crippen LogP contribution >= 0.6 is 0 Å². The number of pyridine rings is 1. The molecule has 29 heavy (non-hydrogen) atoms. The molecule has 5 nitrogen and oxygen atoms in total. The van der Waals surface area contributed by atoms with E-state index in [0.717, 1.165) is 28.1 Å². The first-order valence-corrected chi connectivity index (χ1v) is 9.76. The van der Waals surface area contributed by atoms with E-state index in [-0.39, 0.29) is 17.9 Å². The van der Waals surface area contributed by atoms with Crippen LogP contribution in [0.5, 0.6) is 0 Å². The predicted octanol–water partition coefficient (Wildman–Crippen LogP) is 3.59. The van der Waals surface area contributed by atoms with Crippen LogP contribution in [0, 0.1) is 26.6 Å². The molecule has 2 heterocycles.